The van der Waals surface area contributed by atoms with Crippen molar-refractivity contribution in [3.05, 3.63) is 71.8 Å². The molecule has 3 rings (SSSR count). The van der Waals surface area contributed by atoms with Gasteiger partial charge in [0.05, 0.1) is 6.42 Å². The summed E-state index contributed by atoms with van der Waals surface area (Å²) in [4.78, 5) is 13.0. The Balaban J connectivity index is 1.82. The van der Waals surface area contributed by atoms with E-state index in [0.29, 0.717) is 12.0 Å². The molecule has 0 bridgehead atoms. The van der Waals surface area contributed by atoms with Gasteiger partial charge in [0.25, 0.3) is 0 Å². The van der Waals surface area contributed by atoms with Gasteiger partial charge in [-0.2, -0.15) is 0 Å². The van der Waals surface area contributed by atoms with Crippen LogP contribution < -0.4 is 5.32 Å². The Kier molecular flexibility index (Phi) is 6.28. The summed E-state index contributed by atoms with van der Waals surface area (Å²) in [6.45, 7) is 1.70. The van der Waals surface area contributed by atoms with Crippen molar-refractivity contribution in [2.24, 2.45) is 5.92 Å². The van der Waals surface area contributed by atoms with Gasteiger partial charge in [-0.05, 0) is 24.1 Å². The van der Waals surface area contributed by atoms with E-state index < -0.39 is 11.6 Å². The highest BCUT2D eigenvalue weighted by atomic mass is 16.6. The summed E-state index contributed by atoms with van der Waals surface area (Å²) in [6.07, 6.45) is 6.54. The van der Waals surface area contributed by atoms with Gasteiger partial charge in [0, 0.05) is 18.9 Å². The standard InChI is InChI=1S/C23H25NO3/c1-2-14-23(26,20-11-7-4-8-12-20)22(25)27-21(19-13-15-24-17-19)16-18-9-5-3-6-10-18/h1,3-12,19,21,24,26H,13-17H2. The molecule has 0 spiro atoms. The van der Waals surface area contributed by atoms with E-state index >= 15 is 0 Å². The summed E-state index contributed by atoms with van der Waals surface area (Å²) < 4.78 is 5.89. The fourth-order valence-corrected chi connectivity index (χ4v) is 3.53. The molecule has 1 heterocycles. The first-order valence-electron chi connectivity index (χ1n) is 9.30. The normalized spacial score (nSPS) is 19.6. The van der Waals surface area contributed by atoms with Crippen molar-refractivity contribution in [3.8, 4) is 12.3 Å². The van der Waals surface area contributed by atoms with Crippen molar-refractivity contribution in [2.45, 2.75) is 31.0 Å². The molecule has 3 unspecified atom stereocenters. The van der Waals surface area contributed by atoms with Crippen molar-refractivity contribution in [2.75, 3.05) is 13.1 Å². The lowest BCUT2D eigenvalue weighted by molar-refractivity contribution is -0.174. The molecule has 0 radical (unpaired) electrons. The summed E-state index contributed by atoms with van der Waals surface area (Å²) >= 11 is 0. The van der Waals surface area contributed by atoms with Gasteiger partial charge in [-0.1, -0.05) is 60.7 Å². The molecule has 4 nitrogen and oxygen atoms in total. The van der Waals surface area contributed by atoms with Gasteiger partial charge in [0.15, 0.2) is 5.60 Å². The van der Waals surface area contributed by atoms with Crippen LogP contribution in [-0.2, 0) is 21.6 Å². The fourth-order valence-electron chi connectivity index (χ4n) is 3.53. The van der Waals surface area contributed by atoms with Gasteiger partial charge in [-0.25, -0.2) is 4.79 Å². The molecule has 0 aromatic heterocycles. The van der Waals surface area contributed by atoms with Crippen LogP contribution in [0, 0.1) is 18.3 Å². The van der Waals surface area contributed by atoms with Crippen molar-refractivity contribution in [3.63, 3.8) is 0 Å². The van der Waals surface area contributed by atoms with Gasteiger partial charge >= 0.3 is 5.97 Å². The maximum atomic E-state index is 13.0. The average Bonchev–Trinajstić information content (AvgIpc) is 3.24. The highest BCUT2D eigenvalue weighted by Gasteiger charge is 2.41. The number of carbonyl (C=O) groups excluding carboxylic acids is 1. The summed E-state index contributed by atoms with van der Waals surface area (Å²) in [6, 6.07) is 18.7. The zero-order chi connectivity index (χ0) is 19.1. The van der Waals surface area contributed by atoms with Gasteiger partial charge in [-0.15, -0.1) is 12.3 Å². The number of esters is 1. The Hall–Kier alpha value is -2.61. The molecule has 1 fully saturated rings. The number of carbonyl (C=O) groups is 1. The average molecular weight is 363 g/mol. The number of hydrogen-bond acceptors (Lipinski definition) is 4. The SMILES string of the molecule is C#CCC(O)(C(=O)OC(Cc1ccccc1)C1CCNC1)c1ccccc1. The number of aliphatic hydroxyl groups is 1. The molecule has 2 N–H and O–H groups in total. The largest absolute Gasteiger partial charge is 0.459 e. The number of hydrogen-bond donors (Lipinski definition) is 2. The second-order valence-corrected chi connectivity index (χ2v) is 6.99. The Bertz CT molecular complexity index is 778. The van der Waals surface area contributed by atoms with E-state index in [1.165, 1.54) is 0 Å². The van der Waals surface area contributed by atoms with Crippen LogP contribution in [0.15, 0.2) is 60.7 Å². The first kappa shape index (κ1) is 19.2. The van der Waals surface area contributed by atoms with Crippen LogP contribution in [0.3, 0.4) is 0 Å². The Morgan fingerprint density at radius 2 is 1.89 bits per heavy atom. The molecule has 3 atom stereocenters. The van der Waals surface area contributed by atoms with Gasteiger partial charge < -0.3 is 15.2 Å². The lowest BCUT2D eigenvalue weighted by Crippen LogP contribution is -2.41. The molecular weight excluding hydrogens is 338 g/mol. The molecule has 2 aromatic rings. The van der Waals surface area contributed by atoms with E-state index in [1.807, 2.05) is 36.4 Å². The van der Waals surface area contributed by atoms with Gasteiger partial charge in [0.2, 0.25) is 0 Å². The third kappa shape index (κ3) is 4.57. The number of terminal acetylenes is 1. The number of rotatable bonds is 7. The fraction of sp³-hybridized carbons (Fsp3) is 0.348. The Morgan fingerprint density at radius 1 is 1.22 bits per heavy atom. The van der Waals surface area contributed by atoms with E-state index in [9.17, 15) is 9.90 Å². The quantitative estimate of drug-likeness (QED) is 0.587. The van der Waals surface area contributed by atoms with Crippen LogP contribution in [-0.4, -0.2) is 30.3 Å². The minimum Gasteiger partial charge on any atom is -0.459 e. The predicted octanol–water partition coefficient (Wildman–Crippen LogP) is 2.66. The third-order valence-corrected chi connectivity index (χ3v) is 5.11. The highest BCUT2D eigenvalue weighted by Crippen LogP contribution is 2.29. The minimum atomic E-state index is -1.84. The second-order valence-electron chi connectivity index (χ2n) is 6.99. The van der Waals surface area contributed by atoms with Crippen molar-refractivity contribution in [1.29, 1.82) is 0 Å². The Labute approximate surface area is 160 Å². The number of nitrogens with one attached hydrogen (secondary N) is 1. The predicted molar refractivity (Wildman–Crippen MR) is 105 cm³/mol. The maximum Gasteiger partial charge on any atom is 0.344 e. The zero-order valence-corrected chi connectivity index (χ0v) is 15.3. The molecular formula is C23H25NO3. The lowest BCUT2D eigenvalue weighted by atomic mass is 9.90. The molecule has 4 heteroatoms. The van der Waals surface area contributed by atoms with E-state index in [-0.39, 0.29) is 18.4 Å². The van der Waals surface area contributed by atoms with Crippen LogP contribution in [0.2, 0.25) is 0 Å². The zero-order valence-electron chi connectivity index (χ0n) is 15.3. The van der Waals surface area contributed by atoms with Gasteiger partial charge in [-0.3, -0.25) is 0 Å². The van der Waals surface area contributed by atoms with Crippen molar-refractivity contribution >= 4 is 5.97 Å². The monoisotopic (exact) mass is 363 g/mol. The number of ether oxygens (including phenoxy) is 1. The van der Waals surface area contributed by atoms with Crippen LogP contribution in [0.5, 0.6) is 0 Å². The van der Waals surface area contributed by atoms with E-state index in [0.717, 1.165) is 25.1 Å². The van der Waals surface area contributed by atoms with Crippen molar-refractivity contribution < 1.29 is 14.6 Å². The summed E-state index contributed by atoms with van der Waals surface area (Å²) in [5, 5.41) is 14.4. The molecule has 0 saturated carbocycles. The van der Waals surface area contributed by atoms with Crippen LogP contribution in [0.4, 0.5) is 0 Å². The van der Waals surface area contributed by atoms with Crippen LogP contribution in [0.1, 0.15) is 24.0 Å². The smallest absolute Gasteiger partial charge is 0.344 e. The molecule has 2 aromatic carbocycles. The topological polar surface area (TPSA) is 58.6 Å². The molecule has 140 valence electrons. The molecule has 0 amide bonds. The van der Waals surface area contributed by atoms with Gasteiger partial charge in [0.1, 0.15) is 6.10 Å². The molecule has 1 aliphatic heterocycles. The van der Waals surface area contributed by atoms with E-state index in [2.05, 4.69) is 11.2 Å². The first-order chi connectivity index (χ1) is 13.1. The lowest BCUT2D eigenvalue weighted by Gasteiger charge is -2.30. The number of benzene rings is 2. The summed E-state index contributed by atoms with van der Waals surface area (Å²) in [5.41, 5.74) is -0.282. The van der Waals surface area contributed by atoms with Crippen LogP contribution >= 0.6 is 0 Å². The van der Waals surface area contributed by atoms with Crippen molar-refractivity contribution in [1.82, 2.24) is 5.32 Å². The minimum absolute atomic E-state index is 0.128. The molecule has 1 saturated heterocycles. The van der Waals surface area contributed by atoms with Crippen LogP contribution in [0.25, 0.3) is 0 Å². The summed E-state index contributed by atoms with van der Waals surface area (Å²) in [7, 11) is 0. The van der Waals surface area contributed by atoms with E-state index in [4.69, 9.17) is 11.2 Å². The Morgan fingerprint density at radius 3 is 2.48 bits per heavy atom. The third-order valence-electron chi connectivity index (χ3n) is 5.11. The molecule has 27 heavy (non-hydrogen) atoms. The molecule has 1 aliphatic rings. The first-order valence-corrected chi connectivity index (χ1v) is 9.30. The highest BCUT2D eigenvalue weighted by molar-refractivity contribution is 5.81. The van der Waals surface area contributed by atoms with E-state index in [1.54, 1.807) is 24.3 Å². The molecule has 0 aliphatic carbocycles. The summed E-state index contributed by atoms with van der Waals surface area (Å²) in [5.74, 6) is 1.94. The second kappa shape index (κ2) is 8.85. The maximum absolute atomic E-state index is 13.0.